The van der Waals surface area contributed by atoms with Crippen LogP contribution in [0.2, 0.25) is 0 Å². The van der Waals surface area contributed by atoms with Gasteiger partial charge in [-0.1, -0.05) is 13.8 Å². The lowest BCUT2D eigenvalue weighted by Crippen LogP contribution is -2.07. The molecule has 0 aliphatic rings. The molecule has 3 nitrogen and oxygen atoms in total. The third-order valence-corrected chi connectivity index (χ3v) is 3.73. The molecule has 0 aliphatic carbocycles. The van der Waals surface area contributed by atoms with Crippen LogP contribution in [0.1, 0.15) is 26.0 Å². The fourth-order valence-electron chi connectivity index (χ4n) is 1.39. The quantitative estimate of drug-likeness (QED) is 0.733. The zero-order chi connectivity index (χ0) is 12.0. The smallest absolute Gasteiger partial charge is 0.143 e. The summed E-state index contributed by atoms with van der Waals surface area (Å²) in [6, 6.07) is 1.97. The summed E-state index contributed by atoms with van der Waals surface area (Å²) in [6.07, 6.45) is 3.20. The van der Waals surface area contributed by atoms with Crippen molar-refractivity contribution in [2.24, 2.45) is 13.0 Å². The van der Waals surface area contributed by atoms with Crippen LogP contribution >= 0.6 is 11.8 Å². The van der Waals surface area contributed by atoms with E-state index >= 15 is 0 Å². The Hall–Kier alpha value is -0.770. The van der Waals surface area contributed by atoms with Crippen LogP contribution in [0.3, 0.4) is 0 Å². The number of carbonyl (C=O) groups is 1. The fraction of sp³-hybridized carbons (Fsp3) is 0.667. The number of aromatic nitrogens is 2. The molecule has 0 aromatic carbocycles. The molecule has 0 aliphatic heterocycles. The molecule has 1 aromatic heterocycles. The molecule has 0 saturated carbocycles. The van der Waals surface area contributed by atoms with Crippen LogP contribution in [0.5, 0.6) is 0 Å². The lowest BCUT2D eigenvalue weighted by molar-refractivity contribution is -0.116. The van der Waals surface area contributed by atoms with Crippen LogP contribution in [0.15, 0.2) is 12.3 Å². The molecular formula is C12H20N2OS. The monoisotopic (exact) mass is 240 g/mol. The summed E-state index contributed by atoms with van der Waals surface area (Å²) in [4.78, 5) is 11.6. The van der Waals surface area contributed by atoms with Gasteiger partial charge in [-0.25, -0.2) is 0 Å². The van der Waals surface area contributed by atoms with Crippen LogP contribution in [-0.4, -0.2) is 27.1 Å². The normalized spacial score (nSPS) is 11.0. The topological polar surface area (TPSA) is 34.9 Å². The van der Waals surface area contributed by atoms with Gasteiger partial charge < -0.3 is 0 Å². The molecular weight excluding hydrogens is 220 g/mol. The Labute approximate surface area is 102 Å². The summed E-state index contributed by atoms with van der Waals surface area (Å²) in [5.41, 5.74) is 1.13. The number of rotatable bonds is 7. The molecule has 1 heterocycles. The highest BCUT2D eigenvalue weighted by Crippen LogP contribution is 2.09. The van der Waals surface area contributed by atoms with Gasteiger partial charge in [-0.15, -0.1) is 0 Å². The van der Waals surface area contributed by atoms with E-state index in [0.29, 0.717) is 23.9 Å². The summed E-state index contributed by atoms with van der Waals surface area (Å²) in [7, 11) is 1.91. The second kappa shape index (κ2) is 6.74. The van der Waals surface area contributed by atoms with Gasteiger partial charge in [0.15, 0.2) is 0 Å². The summed E-state index contributed by atoms with van der Waals surface area (Å²) in [5.74, 6) is 2.72. The SMILES string of the molecule is CC(C)CSCC(=O)CCc1ccnn1C. The highest BCUT2D eigenvalue weighted by atomic mass is 32.2. The van der Waals surface area contributed by atoms with Crippen molar-refractivity contribution in [3.8, 4) is 0 Å². The van der Waals surface area contributed by atoms with Crippen molar-refractivity contribution in [3.63, 3.8) is 0 Å². The number of nitrogens with zero attached hydrogens (tertiary/aromatic N) is 2. The van der Waals surface area contributed by atoms with E-state index in [4.69, 9.17) is 0 Å². The standard InChI is InChI=1S/C12H20N2OS/c1-10(2)8-16-9-12(15)5-4-11-6-7-13-14(11)3/h6-7,10H,4-5,8-9H2,1-3H3. The first-order valence-corrected chi connectivity index (χ1v) is 6.81. The molecule has 0 N–H and O–H groups in total. The van der Waals surface area contributed by atoms with Gasteiger partial charge in [-0.3, -0.25) is 9.48 Å². The first-order valence-electron chi connectivity index (χ1n) is 5.66. The second-order valence-electron chi connectivity index (χ2n) is 4.39. The summed E-state index contributed by atoms with van der Waals surface area (Å²) >= 11 is 1.74. The predicted octanol–water partition coefficient (Wildman–Crippen LogP) is 2.31. The fourth-order valence-corrected chi connectivity index (χ4v) is 2.36. The Bertz CT molecular complexity index is 334. The number of ketones is 1. The molecule has 0 radical (unpaired) electrons. The highest BCUT2D eigenvalue weighted by Gasteiger charge is 2.05. The zero-order valence-corrected chi connectivity index (χ0v) is 11.1. The van der Waals surface area contributed by atoms with Crippen molar-refractivity contribution in [1.29, 1.82) is 0 Å². The van der Waals surface area contributed by atoms with Crippen molar-refractivity contribution in [2.45, 2.75) is 26.7 Å². The average molecular weight is 240 g/mol. The van der Waals surface area contributed by atoms with Gasteiger partial charge in [0, 0.05) is 25.4 Å². The average Bonchev–Trinajstić information content (AvgIpc) is 2.60. The largest absolute Gasteiger partial charge is 0.299 e. The third kappa shape index (κ3) is 4.84. The summed E-state index contributed by atoms with van der Waals surface area (Å²) in [6.45, 7) is 4.35. The number of hydrogen-bond donors (Lipinski definition) is 0. The molecule has 1 rings (SSSR count). The Morgan fingerprint density at radius 3 is 2.88 bits per heavy atom. The van der Waals surface area contributed by atoms with Gasteiger partial charge in [0.05, 0.1) is 5.75 Å². The minimum absolute atomic E-state index is 0.340. The lowest BCUT2D eigenvalue weighted by Gasteiger charge is -2.04. The van der Waals surface area contributed by atoms with E-state index in [0.717, 1.165) is 17.9 Å². The molecule has 4 heteroatoms. The Morgan fingerprint density at radius 2 is 2.31 bits per heavy atom. The van der Waals surface area contributed by atoms with E-state index in [2.05, 4.69) is 18.9 Å². The molecule has 0 spiro atoms. The Balaban J connectivity index is 2.18. The molecule has 0 saturated heterocycles. The Kier molecular flexibility index (Phi) is 5.60. The van der Waals surface area contributed by atoms with Gasteiger partial charge in [0.1, 0.15) is 5.78 Å². The maximum absolute atomic E-state index is 11.6. The van der Waals surface area contributed by atoms with Gasteiger partial charge >= 0.3 is 0 Å². The summed E-state index contributed by atoms with van der Waals surface area (Å²) in [5, 5.41) is 4.08. The molecule has 1 aromatic rings. The van der Waals surface area contributed by atoms with Crippen molar-refractivity contribution in [2.75, 3.05) is 11.5 Å². The van der Waals surface area contributed by atoms with Crippen molar-refractivity contribution in [3.05, 3.63) is 18.0 Å². The molecule has 0 unspecified atom stereocenters. The number of Topliss-reactive ketones (excluding diaryl/α,β-unsaturated/α-hetero) is 1. The number of hydrogen-bond acceptors (Lipinski definition) is 3. The third-order valence-electron chi connectivity index (χ3n) is 2.30. The van der Waals surface area contributed by atoms with E-state index in [9.17, 15) is 4.79 Å². The van der Waals surface area contributed by atoms with Crippen molar-refractivity contribution in [1.82, 2.24) is 9.78 Å². The van der Waals surface area contributed by atoms with E-state index in [1.54, 1.807) is 18.0 Å². The van der Waals surface area contributed by atoms with E-state index in [1.807, 2.05) is 17.8 Å². The minimum atomic E-state index is 0.340. The number of thioether (sulfide) groups is 1. The molecule has 0 amide bonds. The number of carbonyl (C=O) groups excluding carboxylic acids is 1. The van der Waals surface area contributed by atoms with Crippen molar-refractivity contribution >= 4 is 17.5 Å². The van der Waals surface area contributed by atoms with Crippen LogP contribution in [0.25, 0.3) is 0 Å². The number of aryl methyl sites for hydroxylation is 2. The van der Waals surface area contributed by atoms with E-state index < -0.39 is 0 Å². The molecule has 0 atom stereocenters. The first kappa shape index (κ1) is 13.3. The highest BCUT2D eigenvalue weighted by molar-refractivity contribution is 7.99. The zero-order valence-electron chi connectivity index (χ0n) is 10.3. The second-order valence-corrected chi connectivity index (χ2v) is 5.42. The molecule has 0 fully saturated rings. The van der Waals surface area contributed by atoms with Crippen LogP contribution in [-0.2, 0) is 18.3 Å². The predicted molar refractivity (Wildman–Crippen MR) is 68.7 cm³/mol. The molecule has 16 heavy (non-hydrogen) atoms. The van der Waals surface area contributed by atoms with Crippen LogP contribution in [0, 0.1) is 5.92 Å². The summed E-state index contributed by atoms with van der Waals surface area (Å²) < 4.78 is 1.83. The molecule has 90 valence electrons. The first-order chi connectivity index (χ1) is 7.59. The van der Waals surface area contributed by atoms with Crippen LogP contribution < -0.4 is 0 Å². The lowest BCUT2D eigenvalue weighted by atomic mass is 10.2. The maximum Gasteiger partial charge on any atom is 0.143 e. The van der Waals surface area contributed by atoms with E-state index in [1.165, 1.54) is 0 Å². The minimum Gasteiger partial charge on any atom is -0.299 e. The van der Waals surface area contributed by atoms with Gasteiger partial charge in [-0.2, -0.15) is 16.9 Å². The molecule has 0 bridgehead atoms. The van der Waals surface area contributed by atoms with Gasteiger partial charge in [-0.05, 0) is 24.2 Å². The maximum atomic E-state index is 11.6. The van der Waals surface area contributed by atoms with Crippen molar-refractivity contribution < 1.29 is 4.79 Å². The van der Waals surface area contributed by atoms with Gasteiger partial charge in [0.2, 0.25) is 0 Å². The van der Waals surface area contributed by atoms with Gasteiger partial charge in [0.25, 0.3) is 0 Å². The Morgan fingerprint density at radius 1 is 1.56 bits per heavy atom. The van der Waals surface area contributed by atoms with Crippen LogP contribution in [0.4, 0.5) is 0 Å². The van der Waals surface area contributed by atoms with E-state index in [-0.39, 0.29) is 0 Å².